The second-order valence-corrected chi connectivity index (χ2v) is 24.2. The average Bonchev–Trinajstić information content (AvgIpc) is 1.70. The van der Waals surface area contributed by atoms with Crippen LogP contribution in [0.15, 0.2) is 220 Å². The van der Waals surface area contributed by atoms with Gasteiger partial charge in [-0.15, -0.1) is 0 Å². The molecular weight excluding hydrogens is 1220 g/mol. The minimum absolute atomic E-state index is 0.0469. The van der Waals surface area contributed by atoms with E-state index in [0.717, 1.165) is 66.2 Å². The molecule has 15 aromatic rings. The molecule has 15 rings (SSSR count). The van der Waals surface area contributed by atoms with E-state index in [1.54, 1.807) is 42.5 Å². The molecule has 476 valence electrons. The third-order valence-electron chi connectivity index (χ3n) is 18.0. The van der Waals surface area contributed by atoms with Crippen molar-refractivity contribution in [3.63, 3.8) is 0 Å². The number of fused-ring (bicyclic) bond motifs is 6. The van der Waals surface area contributed by atoms with E-state index in [-0.39, 0.29) is 23.3 Å². The van der Waals surface area contributed by atoms with Gasteiger partial charge in [-0.25, -0.2) is 39.1 Å². The van der Waals surface area contributed by atoms with Crippen LogP contribution in [-0.2, 0) is 29.4 Å². The SMILES string of the molecule is Cc1c(-c2cc(C(=O)OOC(=O)c3cc(-c4oc5ccccc5c4C)nc4c(C)c(OCc5ccccc5)ccc34)c3c(C)cc(OCc4ccccc4)cc3n2)oc2ccc(-c3cccc4oc(-c5cc(C(=O)O)c6c(OCCc7ccccc7)ccc(C)c6n5)c(C)c34)cc12. The summed E-state index contributed by atoms with van der Waals surface area (Å²) < 4.78 is 38.7. The number of furan rings is 3. The second-order valence-electron chi connectivity index (χ2n) is 24.2. The van der Waals surface area contributed by atoms with Gasteiger partial charge in [0.05, 0.1) is 45.2 Å². The van der Waals surface area contributed by atoms with E-state index in [4.69, 9.17) is 52.2 Å². The van der Waals surface area contributed by atoms with E-state index in [1.807, 2.05) is 205 Å². The zero-order valence-electron chi connectivity index (χ0n) is 53.7. The fourth-order valence-electron chi connectivity index (χ4n) is 13.0. The summed E-state index contributed by atoms with van der Waals surface area (Å²) in [6.45, 7) is 12.4. The van der Waals surface area contributed by atoms with Crippen molar-refractivity contribution in [1.82, 2.24) is 15.0 Å². The Kier molecular flexibility index (Phi) is 15.8. The van der Waals surface area contributed by atoms with E-state index in [2.05, 4.69) is 0 Å². The Bertz CT molecular complexity index is 5660. The van der Waals surface area contributed by atoms with E-state index in [0.29, 0.717) is 132 Å². The van der Waals surface area contributed by atoms with Crippen LogP contribution in [0.2, 0.25) is 0 Å². The van der Waals surface area contributed by atoms with Crippen molar-refractivity contribution >= 4 is 83.5 Å². The first-order valence-corrected chi connectivity index (χ1v) is 31.8. The number of aromatic nitrogens is 3. The summed E-state index contributed by atoms with van der Waals surface area (Å²) in [5.74, 6) is -0.262. The van der Waals surface area contributed by atoms with Crippen LogP contribution in [0.4, 0.5) is 0 Å². The molecule has 0 aliphatic rings. The van der Waals surface area contributed by atoms with Gasteiger partial charge in [0.25, 0.3) is 0 Å². The molecule has 0 fully saturated rings. The van der Waals surface area contributed by atoms with Crippen molar-refractivity contribution in [1.29, 1.82) is 0 Å². The maximum absolute atomic E-state index is 14.9. The second kappa shape index (κ2) is 25.2. The molecule has 0 saturated carbocycles. The van der Waals surface area contributed by atoms with E-state index >= 15 is 0 Å². The fraction of sp³-hybridized carbons (Fsp3) is 0.122. The predicted molar refractivity (Wildman–Crippen MR) is 373 cm³/mol. The van der Waals surface area contributed by atoms with E-state index in [9.17, 15) is 19.5 Å². The maximum Gasteiger partial charge on any atom is 0.387 e. The molecule has 15 heteroatoms. The monoisotopic (exact) mass is 1280 g/mol. The molecule has 9 aromatic carbocycles. The fourth-order valence-corrected chi connectivity index (χ4v) is 13.0. The molecule has 15 nitrogen and oxygen atoms in total. The first-order valence-electron chi connectivity index (χ1n) is 31.8. The number of rotatable bonds is 17. The van der Waals surface area contributed by atoms with Gasteiger partial charge in [0.2, 0.25) is 0 Å². The molecule has 0 aliphatic heterocycles. The largest absolute Gasteiger partial charge is 0.493 e. The first kappa shape index (κ1) is 60.9. The molecule has 0 unspecified atom stereocenters. The lowest BCUT2D eigenvalue weighted by atomic mass is 9.96. The number of carboxylic acid groups (broad SMARTS) is 1. The van der Waals surface area contributed by atoms with Crippen LogP contribution in [0.25, 0.3) is 111 Å². The summed E-state index contributed by atoms with van der Waals surface area (Å²) in [5, 5.41) is 14.5. The quantitative estimate of drug-likeness (QED) is 0.0667. The standard InChI is InChI=1S/C82H61N3O12/c1-45-29-32-70(90-36-35-51-19-10-7-11-20-51)74-61(80(86)87)41-66(84-75(45)74)79-50(6)73-57(26-18-28-71(73)95-79)54-30-33-69-59(38-54)48(4)78(94-69)64-42-62(72-46(2)37-55(39-63(72)83-64)91-43-52-21-12-8-13-22-52)82(89)97-96-81(88)60-40-65(77-47(3)56-25-16-17-27-68(56)93-77)85-76-49(5)67(34-31-58(60)76)92-44-53-23-14-9-15-24-53/h7-34,37-42H,35-36,43-44H2,1-6H3,(H,86,87). The van der Waals surface area contributed by atoms with Crippen LogP contribution in [0.5, 0.6) is 17.2 Å². The molecule has 0 amide bonds. The van der Waals surface area contributed by atoms with Gasteiger partial charge >= 0.3 is 17.9 Å². The van der Waals surface area contributed by atoms with Gasteiger partial charge in [-0.3, -0.25) is 0 Å². The minimum Gasteiger partial charge on any atom is -0.493 e. The molecule has 0 radical (unpaired) electrons. The number of nitrogens with zero attached hydrogens (tertiary/aromatic N) is 3. The average molecular weight is 1280 g/mol. The van der Waals surface area contributed by atoms with Gasteiger partial charge < -0.3 is 32.6 Å². The number of ether oxygens (including phenoxy) is 3. The Morgan fingerprint density at radius 1 is 0.412 bits per heavy atom. The first-order chi connectivity index (χ1) is 47.2. The topological polar surface area (TPSA) is 196 Å². The number of carbonyl (C=O) groups is 3. The number of carboxylic acids is 1. The smallest absolute Gasteiger partial charge is 0.387 e. The number of hydrogen-bond acceptors (Lipinski definition) is 14. The van der Waals surface area contributed by atoms with Gasteiger partial charge in [-0.1, -0.05) is 133 Å². The third kappa shape index (κ3) is 11.5. The summed E-state index contributed by atoms with van der Waals surface area (Å²) in [6.07, 6.45) is 0.644. The van der Waals surface area contributed by atoms with Crippen molar-refractivity contribution < 1.29 is 56.7 Å². The number of hydrogen-bond donors (Lipinski definition) is 1. The Morgan fingerprint density at radius 2 is 0.990 bits per heavy atom. The van der Waals surface area contributed by atoms with Crippen LogP contribution in [0.3, 0.4) is 0 Å². The molecule has 0 saturated heterocycles. The highest BCUT2D eigenvalue weighted by atomic mass is 17.2. The molecule has 0 spiro atoms. The minimum atomic E-state index is -1.12. The van der Waals surface area contributed by atoms with Gasteiger partial charge in [0, 0.05) is 61.7 Å². The van der Waals surface area contributed by atoms with Crippen LogP contribution >= 0.6 is 0 Å². The van der Waals surface area contributed by atoms with E-state index < -0.39 is 17.9 Å². The third-order valence-corrected chi connectivity index (χ3v) is 18.0. The Morgan fingerprint density at radius 3 is 1.70 bits per heavy atom. The van der Waals surface area contributed by atoms with Crippen molar-refractivity contribution in [2.75, 3.05) is 6.61 Å². The zero-order chi connectivity index (χ0) is 66.6. The number of aromatic carboxylic acids is 1. The van der Waals surface area contributed by atoms with Crippen molar-refractivity contribution in [3.05, 3.63) is 273 Å². The number of para-hydroxylation sites is 1. The number of pyridine rings is 3. The molecular formula is C82H61N3O12. The summed E-state index contributed by atoms with van der Waals surface area (Å²) in [6, 6.07) is 64.4. The molecule has 6 heterocycles. The summed E-state index contributed by atoms with van der Waals surface area (Å²) in [5.41, 5.74) is 13.5. The Hall–Kier alpha value is -12.4. The molecule has 0 atom stereocenters. The summed E-state index contributed by atoms with van der Waals surface area (Å²) in [7, 11) is 0. The number of aryl methyl sites for hydroxylation is 6. The lowest BCUT2D eigenvalue weighted by Crippen LogP contribution is -2.14. The molecule has 6 aromatic heterocycles. The highest BCUT2D eigenvalue weighted by Gasteiger charge is 2.29. The van der Waals surface area contributed by atoms with Crippen molar-refractivity contribution in [3.8, 4) is 62.7 Å². The Labute approximate surface area is 556 Å². The van der Waals surface area contributed by atoms with Gasteiger partial charge in [-0.05, 0) is 147 Å². The number of carbonyl (C=O) groups excluding carboxylic acids is 2. The van der Waals surface area contributed by atoms with Crippen LogP contribution in [0, 0.1) is 41.5 Å². The van der Waals surface area contributed by atoms with Gasteiger partial charge in [0.15, 0.2) is 17.3 Å². The summed E-state index contributed by atoms with van der Waals surface area (Å²) in [4.78, 5) is 69.4. The lowest BCUT2D eigenvalue weighted by molar-refractivity contribution is -0.187. The summed E-state index contributed by atoms with van der Waals surface area (Å²) >= 11 is 0. The highest BCUT2D eigenvalue weighted by Crippen LogP contribution is 2.44. The maximum atomic E-state index is 14.9. The molecule has 1 N–H and O–H groups in total. The van der Waals surface area contributed by atoms with Crippen LogP contribution in [-0.4, -0.2) is 44.6 Å². The highest BCUT2D eigenvalue weighted by molar-refractivity contribution is 6.10. The molecule has 0 aliphatic carbocycles. The lowest BCUT2D eigenvalue weighted by Gasteiger charge is -2.15. The van der Waals surface area contributed by atoms with Crippen LogP contribution in [0.1, 0.15) is 81.1 Å². The normalized spacial score (nSPS) is 11.5. The molecule has 0 bridgehead atoms. The van der Waals surface area contributed by atoms with Gasteiger partial charge in [0.1, 0.15) is 64.3 Å². The van der Waals surface area contributed by atoms with Crippen LogP contribution < -0.4 is 14.2 Å². The van der Waals surface area contributed by atoms with Gasteiger partial charge in [-0.2, -0.15) is 0 Å². The number of benzene rings is 9. The Balaban J connectivity index is 0.774. The predicted octanol–water partition coefficient (Wildman–Crippen LogP) is 19.5. The zero-order valence-corrected chi connectivity index (χ0v) is 53.7. The van der Waals surface area contributed by atoms with E-state index in [1.165, 1.54) is 0 Å². The van der Waals surface area contributed by atoms with Crippen molar-refractivity contribution in [2.24, 2.45) is 0 Å². The van der Waals surface area contributed by atoms with Crippen molar-refractivity contribution in [2.45, 2.75) is 61.2 Å². The molecule has 97 heavy (non-hydrogen) atoms.